The molecule has 1 heterocycles. The predicted octanol–water partition coefficient (Wildman–Crippen LogP) is 2.23. The number of aromatic nitrogens is 2. The zero-order valence-corrected chi connectivity index (χ0v) is 10.6. The van der Waals surface area contributed by atoms with E-state index in [2.05, 4.69) is 47.7 Å². The van der Waals surface area contributed by atoms with Gasteiger partial charge in [0, 0.05) is 13.2 Å². The fourth-order valence-electron chi connectivity index (χ4n) is 2.03. The van der Waals surface area contributed by atoms with Crippen molar-refractivity contribution in [3.05, 3.63) is 53.6 Å². The summed E-state index contributed by atoms with van der Waals surface area (Å²) in [5, 5.41) is 3.33. The molecular weight excluding hydrogens is 210 g/mol. The Morgan fingerprint density at radius 2 is 2.12 bits per heavy atom. The predicted molar refractivity (Wildman–Crippen MR) is 69.9 cm³/mol. The largest absolute Gasteiger partial charge is 0.340 e. The molecule has 1 unspecified atom stereocenters. The van der Waals surface area contributed by atoms with Gasteiger partial charge in [0.05, 0.1) is 18.1 Å². The van der Waals surface area contributed by atoms with Crippen LogP contribution >= 0.6 is 0 Å². The lowest BCUT2D eigenvalue weighted by atomic mass is 10.00. The highest BCUT2D eigenvalue weighted by atomic mass is 15.0. The Kier molecular flexibility index (Phi) is 3.59. The molecule has 2 rings (SSSR count). The lowest BCUT2D eigenvalue weighted by Gasteiger charge is -2.15. The number of nitrogens with zero attached hydrogens (tertiary/aromatic N) is 2. The highest BCUT2D eigenvalue weighted by Crippen LogP contribution is 2.18. The second-order valence-electron chi connectivity index (χ2n) is 4.44. The summed E-state index contributed by atoms with van der Waals surface area (Å²) in [5.41, 5.74) is 3.81. The number of hydrogen-bond donors (Lipinski definition) is 1. The van der Waals surface area contributed by atoms with Crippen molar-refractivity contribution in [2.24, 2.45) is 7.05 Å². The monoisotopic (exact) mass is 229 g/mol. The van der Waals surface area contributed by atoms with Crippen molar-refractivity contribution in [3.8, 4) is 0 Å². The highest BCUT2D eigenvalue weighted by Gasteiger charge is 2.13. The summed E-state index contributed by atoms with van der Waals surface area (Å²) >= 11 is 0. The Morgan fingerprint density at radius 1 is 1.35 bits per heavy atom. The second-order valence-corrected chi connectivity index (χ2v) is 4.44. The first-order valence-electron chi connectivity index (χ1n) is 5.90. The Labute approximate surface area is 103 Å². The summed E-state index contributed by atoms with van der Waals surface area (Å²) in [6.07, 6.45) is 4.89. The summed E-state index contributed by atoms with van der Waals surface area (Å²) < 4.78 is 1.98. The number of benzene rings is 1. The van der Waals surface area contributed by atoms with Crippen LogP contribution in [0.2, 0.25) is 0 Å². The zero-order chi connectivity index (χ0) is 12.3. The standard InChI is InChI=1S/C14H19N3/c1-11-6-4-5-7-12(11)8-13(15-2)14-9-17(3)10-16-14/h4-7,9-10,13,15H,8H2,1-3H3. The molecule has 0 bridgehead atoms. The summed E-state index contributed by atoms with van der Waals surface area (Å²) in [4.78, 5) is 4.41. The Balaban J connectivity index is 2.18. The van der Waals surface area contributed by atoms with Crippen LogP contribution in [0, 0.1) is 6.92 Å². The lowest BCUT2D eigenvalue weighted by Crippen LogP contribution is -2.19. The summed E-state index contributed by atoms with van der Waals surface area (Å²) in [6, 6.07) is 8.78. The Bertz CT molecular complexity index is 488. The minimum atomic E-state index is 0.275. The number of rotatable bonds is 4. The van der Waals surface area contributed by atoms with Gasteiger partial charge < -0.3 is 9.88 Å². The highest BCUT2D eigenvalue weighted by molar-refractivity contribution is 5.27. The van der Waals surface area contributed by atoms with Crippen LogP contribution in [0.25, 0.3) is 0 Å². The molecule has 0 fully saturated rings. The van der Waals surface area contributed by atoms with Gasteiger partial charge in [-0.15, -0.1) is 0 Å². The molecular formula is C14H19N3. The zero-order valence-electron chi connectivity index (χ0n) is 10.6. The average molecular weight is 229 g/mol. The van der Waals surface area contributed by atoms with Crippen molar-refractivity contribution >= 4 is 0 Å². The van der Waals surface area contributed by atoms with Crippen molar-refractivity contribution in [1.29, 1.82) is 0 Å². The molecule has 1 atom stereocenters. The molecule has 3 heteroatoms. The van der Waals surface area contributed by atoms with Crippen LogP contribution in [0.3, 0.4) is 0 Å². The van der Waals surface area contributed by atoms with E-state index in [1.165, 1.54) is 11.1 Å². The summed E-state index contributed by atoms with van der Waals surface area (Å²) in [7, 11) is 3.98. The number of hydrogen-bond acceptors (Lipinski definition) is 2. The fraction of sp³-hybridized carbons (Fsp3) is 0.357. The molecule has 0 saturated carbocycles. The number of aryl methyl sites for hydroxylation is 2. The lowest BCUT2D eigenvalue weighted by molar-refractivity contribution is 0.576. The van der Waals surface area contributed by atoms with Crippen LogP contribution in [-0.2, 0) is 13.5 Å². The molecule has 0 saturated heterocycles. The van der Waals surface area contributed by atoms with Crippen LogP contribution in [0.5, 0.6) is 0 Å². The topological polar surface area (TPSA) is 29.9 Å². The van der Waals surface area contributed by atoms with Crippen LogP contribution in [0.15, 0.2) is 36.8 Å². The van der Waals surface area contributed by atoms with Crippen LogP contribution in [-0.4, -0.2) is 16.6 Å². The number of nitrogens with one attached hydrogen (secondary N) is 1. The minimum Gasteiger partial charge on any atom is -0.340 e. The van der Waals surface area contributed by atoms with E-state index in [9.17, 15) is 0 Å². The van der Waals surface area contributed by atoms with Crippen molar-refractivity contribution in [2.45, 2.75) is 19.4 Å². The molecule has 0 aliphatic rings. The van der Waals surface area contributed by atoms with E-state index < -0.39 is 0 Å². The Hall–Kier alpha value is -1.61. The quantitative estimate of drug-likeness (QED) is 0.871. The van der Waals surface area contributed by atoms with Crippen molar-refractivity contribution in [3.63, 3.8) is 0 Å². The minimum absolute atomic E-state index is 0.275. The first-order valence-corrected chi connectivity index (χ1v) is 5.90. The molecule has 0 aliphatic carbocycles. The van der Waals surface area contributed by atoms with E-state index in [-0.39, 0.29) is 6.04 Å². The van der Waals surface area contributed by atoms with Gasteiger partial charge in [-0.05, 0) is 31.5 Å². The van der Waals surface area contributed by atoms with Gasteiger partial charge in [-0.3, -0.25) is 0 Å². The van der Waals surface area contributed by atoms with E-state index in [1.807, 2.05) is 25.0 Å². The van der Waals surface area contributed by atoms with Crippen molar-refractivity contribution in [1.82, 2.24) is 14.9 Å². The van der Waals surface area contributed by atoms with E-state index in [4.69, 9.17) is 0 Å². The maximum atomic E-state index is 4.41. The summed E-state index contributed by atoms with van der Waals surface area (Å²) in [5.74, 6) is 0. The van der Waals surface area contributed by atoms with E-state index >= 15 is 0 Å². The average Bonchev–Trinajstić information content (AvgIpc) is 2.75. The number of likely N-dealkylation sites (N-methyl/N-ethyl adjacent to an activating group) is 1. The van der Waals surface area contributed by atoms with Gasteiger partial charge >= 0.3 is 0 Å². The normalized spacial score (nSPS) is 12.6. The third-order valence-corrected chi connectivity index (χ3v) is 3.12. The van der Waals surface area contributed by atoms with E-state index in [0.717, 1.165) is 12.1 Å². The van der Waals surface area contributed by atoms with Crippen LogP contribution < -0.4 is 5.32 Å². The van der Waals surface area contributed by atoms with Crippen LogP contribution in [0.1, 0.15) is 22.9 Å². The first-order chi connectivity index (χ1) is 8.20. The van der Waals surface area contributed by atoms with Gasteiger partial charge in [0.2, 0.25) is 0 Å². The van der Waals surface area contributed by atoms with Crippen molar-refractivity contribution < 1.29 is 0 Å². The maximum absolute atomic E-state index is 4.41. The smallest absolute Gasteiger partial charge is 0.0947 e. The molecule has 3 nitrogen and oxygen atoms in total. The van der Waals surface area contributed by atoms with Gasteiger partial charge in [-0.25, -0.2) is 4.98 Å². The molecule has 0 spiro atoms. The summed E-state index contributed by atoms with van der Waals surface area (Å²) in [6.45, 7) is 2.15. The molecule has 2 aromatic rings. The third kappa shape index (κ3) is 2.74. The molecule has 0 amide bonds. The number of imidazole rings is 1. The maximum Gasteiger partial charge on any atom is 0.0947 e. The van der Waals surface area contributed by atoms with E-state index in [0.29, 0.717) is 0 Å². The van der Waals surface area contributed by atoms with Gasteiger partial charge in [-0.1, -0.05) is 24.3 Å². The molecule has 90 valence electrons. The molecule has 1 aromatic carbocycles. The van der Waals surface area contributed by atoms with Gasteiger partial charge in [-0.2, -0.15) is 0 Å². The Morgan fingerprint density at radius 3 is 2.71 bits per heavy atom. The van der Waals surface area contributed by atoms with Crippen molar-refractivity contribution in [2.75, 3.05) is 7.05 Å². The fourth-order valence-corrected chi connectivity index (χ4v) is 2.03. The van der Waals surface area contributed by atoms with Gasteiger partial charge in [0.25, 0.3) is 0 Å². The molecule has 1 aromatic heterocycles. The van der Waals surface area contributed by atoms with Gasteiger partial charge in [0.1, 0.15) is 0 Å². The van der Waals surface area contributed by atoms with Crippen LogP contribution in [0.4, 0.5) is 0 Å². The third-order valence-electron chi connectivity index (χ3n) is 3.12. The first kappa shape index (κ1) is 11.9. The van der Waals surface area contributed by atoms with E-state index in [1.54, 1.807) is 0 Å². The molecule has 0 aliphatic heterocycles. The molecule has 17 heavy (non-hydrogen) atoms. The molecule has 1 N–H and O–H groups in total. The SMILES string of the molecule is CNC(Cc1ccccc1C)c1cn(C)cn1. The van der Waals surface area contributed by atoms with Gasteiger partial charge in [0.15, 0.2) is 0 Å². The second kappa shape index (κ2) is 5.15. The molecule has 0 radical (unpaired) electrons.